The quantitative estimate of drug-likeness (QED) is 0.200. The highest BCUT2D eigenvalue weighted by Gasteiger charge is 2.46. The van der Waals surface area contributed by atoms with Crippen molar-refractivity contribution in [2.45, 2.75) is 43.7 Å². The summed E-state index contributed by atoms with van der Waals surface area (Å²) in [4.78, 5) is 11.2. The van der Waals surface area contributed by atoms with E-state index in [-0.39, 0.29) is 39.9 Å². The zero-order valence-corrected chi connectivity index (χ0v) is 19.6. The summed E-state index contributed by atoms with van der Waals surface area (Å²) in [7, 11) is 1.26. The molecule has 1 aromatic carbocycles. The highest BCUT2D eigenvalue weighted by Crippen LogP contribution is 2.43. The molecular formula is C24H26O13. The molecule has 13 nitrogen and oxygen atoms in total. The Balaban J connectivity index is 1.76. The number of carbonyl (C=O) groups excluding carboxylic acids is 1. The Morgan fingerprint density at radius 3 is 2.43 bits per heavy atom. The zero-order valence-electron chi connectivity index (χ0n) is 19.6. The van der Waals surface area contributed by atoms with E-state index in [1.807, 2.05) is 0 Å². The monoisotopic (exact) mass is 522 g/mol. The van der Waals surface area contributed by atoms with Gasteiger partial charge >= 0.3 is 5.97 Å². The van der Waals surface area contributed by atoms with Crippen LogP contribution in [0, 0.1) is 0 Å². The molecule has 0 radical (unpaired) electrons. The number of aliphatic hydroxyl groups is 5. The number of aromatic hydroxyl groups is 2. The lowest BCUT2D eigenvalue weighted by molar-refractivity contribution is -0.291. The topological polar surface area (TPSA) is 205 Å². The third kappa shape index (κ3) is 5.15. The van der Waals surface area contributed by atoms with Crippen LogP contribution in [-0.2, 0) is 23.7 Å². The Morgan fingerprint density at radius 1 is 1.03 bits per heavy atom. The SMILES string of the molecule is COc1cc(C2=C(OC3O[C@H](COC(C)=O)[C@H](O)[C@H](O)[C@H]3O)C=C3C(O)=CC(O)=CC3O2)cc(O)c1O. The van der Waals surface area contributed by atoms with Crippen molar-refractivity contribution in [2.75, 3.05) is 13.7 Å². The van der Waals surface area contributed by atoms with Crippen molar-refractivity contribution in [3.05, 3.63) is 58.8 Å². The average molecular weight is 522 g/mol. The van der Waals surface area contributed by atoms with Crippen molar-refractivity contribution in [3.63, 3.8) is 0 Å². The molecule has 4 rings (SSSR count). The van der Waals surface area contributed by atoms with Crippen molar-refractivity contribution in [1.82, 2.24) is 0 Å². The summed E-state index contributed by atoms with van der Waals surface area (Å²) in [6, 6.07) is 2.45. The maximum Gasteiger partial charge on any atom is 0.302 e. The highest BCUT2D eigenvalue weighted by atomic mass is 16.7. The Kier molecular flexibility index (Phi) is 7.23. The van der Waals surface area contributed by atoms with Crippen LogP contribution in [0.5, 0.6) is 17.2 Å². The minimum Gasteiger partial charge on any atom is -0.508 e. The number of hydrogen-bond acceptors (Lipinski definition) is 13. The van der Waals surface area contributed by atoms with E-state index in [2.05, 4.69) is 0 Å². The van der Waals surface area contributed by atoms with E-state index in [9.17, 15) is 40.5 Å². The van der Waals surface area contributed by atoms with Gasteiger partial charge in [-0.3, -0.25) is 4.79 Å². The van der Waals surface area contributed by atoms with Crippen molar-refractivity contribution in [2.24, 2.45) is 0 Å². The number of ether oxygens (including phenoxy) is 5. The van der Waals surface area contributed by atoms with E-state index in [1.165, 1.54) is 25.3 Å². The van der Waals surface area contributed by atoms with Gasteiger partial charge in [0.1, 0.15) is 48.6 Å². The predicted octanol–water partition coefficient (Wildman–Crippen LogP) is 0.385. The second-order valence-electron chi connectivity index (χ2n) is 8.43. The van der Waals surface area contributed by atoms with Gasteiger partial charge in [-0.05, 0) is 18.2 Å². The normalized spacial score (nSPS) is 29.3. The molecule has 0 saturated carbocycles. The Labute approximate surface area is 210 Å². The van der Waals surface area contributed by atoms with Gasteiger partial charge in [0.15, 0.2) is 23.0 Å². The first kappa shape index (κ1) is 26.2. The molecule has 0 aromatic heterocycles. The molecule has 2 aliphatic heterocycles. The van der Waals surface area contributed by atoms with Crippen LogP contribution in [0.4, 0.5) is 0 Å². The number of hydrogen-bond donors (Lipinski definition) is 7. The highest BCUT2D eigenvalue weighted by molar-refractivity contribution is 5.72. The number of aliphatic hydroxyl groups excluding tert-OH is 5. The summed E-state index contributed by atoms with van der Waals surface area (Å²) in [5, 5.41) is 71.5. The fourth-order valence-electron chi connectivity index (χ4n) is 3.96. The number of carbonyl (C=O) groups is 1. The van der Waals surface area contributed by atoms with Gasteiger partial charge in [0.25, 0.3) is 0 Å². The van der Waals surface area contributed by atoms with E-state index in [0.29, 0.717) is 0 Å². The van der Waals surface area contributed by atoms with E-state index in [1.54, 1.807) is 0 Å². The number of phenolic OH excluding ortho intramolecular Hbond substituents is 2. The Bertz CT molecular complexity index is 1200. The van der Waals surface area contributed by atoms with E-state index >= 15 is 0 Å². The first-order chi connectivity index (χ1) is 17.5. The first-order valence-corrected chi connectivity index (χ1v) is 11.0. The van der Waals surface area contributed by atoms with Gasteiger partial charge in [-0.15, -0.1) is 0 Å². The van der Waals surface area contributed by atoms with Gasteiger partial charge in [-0.25, -0.2) is 0 Å². The molecule has 1 saturated heterocycles. The molecule has 0 amide bonds. The average Bonchev–Trinajstić information content (AvgIpc) is 2.85. The number of phenols is 2. The van der Waals surface area contributed by atoms with Gasteiger partial charge in [0, 0.05) is 30.2 Å². The van der Waals surface area contributed by atoms with Crippen molar-refractivity contribution >= 4 is 11.7 Å². The van der Waals surface area contributed by atoms with E-state index < -0.39 is 60.9 Å². The number of allylic oxidation sites excluding steroid dienone is 2. The summed E-state index contributed by atoms with van der Waals surface area (Å²) < 4.78 is 27.3. The number of methoxy groups -OCH3 is 1. The molecule has 37 heavy (non-hydrogen) atoms. The number of esters is 1. The van der Waals surface area contributed by atoms with Crippen LogP contribution >= 0.6 is 0 Å². The second-order valence-corrected chi connectivity index (χ2v) is 8.43. The molecule has 1 fully saturated rings. The molecule has 1 aliphatic carbocycles. The molecule has 3 aliphatic rings. The second kappa shape index (κ2) is 10.2. The van der Waals surface area contributed by atoms with Gasteiger partial charge < -0.3 is 59.4 Å². The van der Waals surface area contributed by atoms with Crippen LogP contribution in [-0.4, -0.2) is 92.2 Å². The smallest absolute Gasteiger partial charge is 0.302 e. The van der Waals surface area contributed by atoms with Crippen LogP contribution in [0.15, 0.2) is 53.2 Å². The molecule has 2 unspecified atom stereocenters. The molecule has 200 valence electrons. The van der Waals surface area contributed by atoms with Crippen LogP contribution in [0.25, 0.3) is 5.76 Å². The summed E-state index contributed by atoms with van der Waals surface area (Å²) in [5.74, 6) is -2.73. The molecular weight excluding hydrogens is 496 g/mol. The predicted molar refractivity (Wildman–Crippen MR) is 122 cm³/mol. The molecule has 0 bridgehead atoms. The van der Waals surface area contributed by atoms with Crippen molar-refractivity contribution < 1.29 is 64.2 Å². The minimum atomic E-state index is -1.77. The van der Waals surface area contributed by atoms with Crippen LogP contribution in [0.2, 0.25) is 0 Å². The lowest BCUT2D eigenvalue weighted by atomic mass is 9.96. The summed E-state index contributed by atoms with van der Waals surface area (Å²) in [5.41, 5.74) is 0.288. The Morgan fingerprint density at radius 2 is 1.76 bits per heavy atom. The first-order valence-electron chi connectivity index (χ1n) is 11.0. The number of rotatable bonds is 6. The van der Waals surface area contributed by atoms with E-state index in [0.717, 1.165) is 19.1 Å². The lowest BCUT2D eigenvalue weighted by Crippen LogP contribution is -2.59. The summed E-state index contributed by atoms with van der Waals surface area (Å²) >= 11 is 0. The maximum atomic E-state index is 11.2. The molecule has 0 spiro atoms. The van der Waals surface area contributed by atoms with Crippen molar-refractivity contribution in [1.29, 1.82) is 0 Å². The fraction of sp³-hybridized carbons (Fsp3) is 0.375. The maximum absolute atomic E-state index is 11.2. The largest absolute Gasteiger partial charge is 0.508 e. The standard InChI is InChI=1S/C24H26O13/c1-9(25)34-8-18-20(30)21(31)22(32)24(37-18)36-17-7-12-13(27)5-11(26)6-15(12)35-23(17)10-3-14(28)19(29)16(4-10)33-2/h3-7,15,18,20-22,24,26-32H,8H2,1-2H3/t15?,18-,20+,21+,22-,24?/m1/s1. The van der Waals surface area contributed by atoms with Gasteiger partial charge in [0.2, 0.25) is 12.0 Å². The van der Waals surface area contributed by atoms with E-state index in [4.69, 9.17) is 23.7 Å². The van der Waals surface area contributed by atoms with Gasteiger partial charge in [-0.1, -0.05) is 0 Å². The zero-order chi connectivity index (χ0) is 27.0. The molecule has 6 atom stereocenters. The fourth-order valence-corrected chi connectivity index (χ4v) is 3.96. The molecule has 7 N–H and O–H groups in total. The lowest BCUT2D eigenvalue weighted by Gasteiger charge is -2.40. The molecule has 1 aromatic rings. The third-order valence-corrected chi connectivity index (χ3v) is 5.86. The minimum absolute atomic E-state index is 0.0888. The Hall–Kier alpha value is -3.91. The number of benzene rings is 1. The van der Waals surface area contributed by atoms with Gasteiger partial charge in [-0.2, -0.15) is 0 Å². The third-order valence-electron chi connectivity index (χ3n) is 5.86. The van der Waals surface area contributed by atoms with Gasteiger partial charge in [0.05, 0.1) is 7.11 Å². The molecule has 2 heterocycles. The summed E-state index contributed by atoms with van der Waals surface area (Å²) in [6.07, 6.45) is -5.30. The summed E-state index contributed by atoms with van der Waals surface area (Å²) in [6.45, 7) is 0.702. The number of fused-ring (bicyclic) bond motifs is 1. The molecule has 13 heteroatoms. The van der Waals surface area contributed by atoms with Crippen LogP contribution < -0.4 is 4.74 Å². The van der Waals surface area contributed by atoms with Crippen LogP contribution in [0.1, 0.15) is 12.5 Å². The van der Waals surface area contributed by atoms with Crippen molar-refractivity contribution in [3.8, 4) is 17.2 Å². The van der Waals surface area contributed by atoms with Crippen LogP contribution in [0.3, 0.4) is 0 Å².